The highest BCUT2D eigenvalue weighted by Crippen LogP contribution is 2.32. The number of nitrogens with one attached hydrogen (secondary N) is 1. The molecule has 78 valence electrons. The van der Waals surface area contributed by atoms with Gasteiger partial charge in [-0.25, -0.2) is 0 Å². The summed E-state index contributed by atoms with van der Waals surface area (Å²) < 4.78 is 39.1. The van der Waals surface area contributed by atoms with Gasteiger partial charge in [-0.05, 0) is 12.1 Å². The molecule has 0 saturated carbocycles. The molecule has 0 aromatic heterocycles. The molecule has 0 radical (unpaired) electrons. The Morgan fingerprint density at radius 2 is 1.93 bits per heavy atom. The van der Waals surface area contributed by atoms with Crippen LogP contribution >= 0.6 is 0 Å². The minimum Gasteiger partial charge on any atom is -0.403 e. The Balaban J connectivity index is 2.98. The first kappa shape index (κ1) is 10.5. The van der Waals surface area contributed by atoms with E-state index >= 15 is 0 Å². The van der Waals surface area contributed by atoms with Gasteiger partial charge in [-0.15, -0.1) is 13.2 Å². The number of benzene rings is 1. The van der Waals surface area contributed by atoms with Crippen LogP contribution in [0.4, 0.5) is 24.5 Å². The van der Waals surface area contributed by atoms with Crippen LogP contribution in [0, 0.1) is 0 Å². The van der Waals surface area contributed by atoms with E-state index in [-0.39, 0.29) is 11.4 Å². The first-order valence-corrected chi connectivity index (χ1v) is 3.55. The van der Waals surface area contributed by atoms with Gasteiger partial charge >= 0.3 is 6.36 Å². The van der Waals surface area contributed by atoms with Gasteiger partial charge in [-0.1, -0.05) is 6.07 Å². The average Bonchev–Trinajstić information content (AvgIpc) is 2.06. The van der Waals surface area contributed by atoms with E-state index < -0.39 is 12.1 Å². The molecule has 14 heavy (non-hydrogen) atoms. The maximum Gasteiger partial charge on any atom is 0.573 e. The maximum atomic E-state index is 11.8. The molecule has 5 N–H and O–H groups in total. The minimum atomic E-state index is -4.76. The Kier molecular flexibility index (Phi) is 2.70. The molecule has 0 saturated heterocycles. The quantitative estimate of drug-likeness (QED) is 0.390. The molecule has 1 aromatic rings. The van der Waals surface area contributed by atoms with Crippen LogP contribution in [0.15, 0.2) is 18.2 Å². The summed E-state index contributed by atoms with van der Waals surface area (Å²) in [5.41, 5.74) is 7.47. The van der Waals surface area contributed by atoms with Crippen LogP contribution in [-0.2, 0) is 0 Å². The monoisotopic (exact) mass is 207 g/mol. The van der Waals surface area contributed by atoms with E-state index in [1.54, 1.807) is 0 Å². The van der Waals surface area contributed by atoms with Crippen molar-refractivity contribution in [3.8, 4) is 5.75 Å². The second-order valence-corrected chi connectivity index (χ2v) is 2.41. The van der Waals surface area contributed by atoms with Gasteiger partial charge in [-0.2, -0.15) is 0 Å². The van der Waals surface area contributed by atoms with Gasteiger partial charge in [0.15, 0.2) is 5.75 Å². The van der Waals surface area contributed by atoms with Crippen LogP contribution in [0.1, 0.15) is 0 Å². The lowest BCUT2D eigenvalue weighted by Gasteiger charge is -2.13. The van der Waals surface area contributed by atoms with Crippen molar-refractivity contribution in [3.05, 3.63) is 18.2 Å². The van der Waals surface area contributed by atoms with Crippen LogP contribution in [0.2, 0.25) is 0 Å². The van der Waals surface area contributed by atoms with E-state index in [9.17, 15) is 13.2 Å². The summed E-state index contributed by atoms with van der Waals surface area (Å²) in [6, 6.07) is 3.87. The average molecular weight is 207 g/mol. The highest BCUT2D eigenvalue weighted by Gasteiger charge is 2.32. The summed E-state index contributed by atoms with van der Waals surface area (Å²) in [5, 5.41) is 0. The molecule has 4 nitrogen and oxygen atoms in total. The third kappa shape index (κ3) is 2.43. The lowest BCUT2D eigenvalue weighted by Crippen LogP contribution is -2.18. The second-order valence-electron chi connectivity index (χ2n) is 2.41. The molecule has 0 unspecified atom stereocenters. The fraction of sp³-hybridized carbons (Fsp3) is 0.143. The zero-order chi connectivity index (χ0) is 10.8. The molecule has 1 rings (SSSR count). The number of alkyl halides is 3. The Morgan fingerprint density at radius 1 is 1.29 bits per heavy atom. The lowest BCUT2D eigenvalue weighted by atomic mass is 10.2. The van der Waals surface area contributed by atoms with Crippen molar-refractivity contribution in [2.24, 2.45) is 5.84 Å². The standard InChI is InChI=1S/C7H8F3N3O/c8-7(9,10)14-5-3-1-2-4(13-12)6(5)11/h1-3,13H,11-12H2. The third-order valence-corrected chi connectivity index (χ3v) is 1.45. The molecule has 0 aliphatic rings. The van der Waals surface area contributed by atoms with Crippen molar-refractivity contribution in [1.29, 1.82) is 0 Å². The largest absolute Gasteiger partial charge is 0.573 e. The number of hydrogen-bond donors (Lipinski definition) is 3. The number of hydrazine groups is 1. The molecule has 0 heterocycles. The molecule has 0 aliphatic heterocycles. The Morgan fingerprint density at radius 3 is 2.43 bits per heavy atom. The third-order valence-electron chi connectivity index (χ3n) is 1.45. The van der Waals surface area contributed by atoms with Gasteiger partial charge in [0, 0.05) is 0 Å². The Hall–Kier alpha value is -1.63. The molecule has 0 spiro atoms. The molecule has 0 bridgehead atoms. The highest BCUT2D eigenvalue weighted by atomic mass is 19.4. The first-order valence-electron chi connectivity index (χ1n) is 3.55. The lowest BCUT2D eigenvalue weighted by molar-refractivity contribution is -0.274. The van der Waals surface area contributed by atoms with Gasteiger partial charge in [0.1, 0.15) is 0 Å². The SMILES string of the molecule is NNc1cccc(OC(F)(F)F)c1N. The smallest absolute Gasteiger partial charge is 0.403 e. The van der Waals surface area contributed by atoms with Crippen LogP contribution < -0.4 is 21.7 Å². The number of nitrogens with two attached hydrogens (primary N) is 2. The van der Waals surface area contributed by atoms with Crippen LogP contribution in [0.25, 0.3) is 0 Å². The molecule has 0 amide bonds. The van der Waals surface area contributed by atoms with Crippen molar-refractivity contribution < 1.29 is 17.9 Å². The summed E-state index contributed by atoms with van der Waals surface area (Å²) in [5.74, 6) is 4.54. The van der Waals surface area contributed by atoms with E-state index in [2.05, 4.69) is 10.2 Å². The molecular formula is C7H8F3N3O. The number of anilines is 2. The summed E-state index contributed by atoms with van der Waals surface area (Å²) in [6.07, 6.45) is -4.76. The van der Waals surface area contributed by atoms with Crippen molar-refractivity contribution in [1.82, 2.24) is 0 Å². The molecular weight excluding hydrogens is 199 g/mol. The fourth-order valence-corrected chi connectivity index (χ4v) is 0.884. The Labute approximate surface area is 77.6 Å². The molecule has 1 aromatic carbocycles. The molecule has 0 fully saturated rings. The molecule has 0 aliphatic carbocycles. The van der Waals surface area contributed by atoms with Crippen molar-refractivity contribution in [3.63, 3.8) is 0 Å². The number of hydrogen-bond acceptors (Lipinski definition) is 4. The van der Waals surface area contributed by atoms with Crippen molar-refractivity contribution in [2.75, 3.05) is 11.2 Å². The highest BCUT2D eigenvalue weighted by molar-refractivity contribution is 5.72. The molecule has 0 atom stereocenters. The van der Waals surface area contributed by atoms with Crippen LogP contribution in [-0.4, -0.2) is 6.36 Å². The maximum absolute atomic E-state index is 11.8. The van der Waals surface area contributed by atoms with Crippen LogP contribution in [0.5, 0.6) is 5.75 Å². The summed E-state index contributed by atoms with van der Waals surface area (Å²) in [4.78, 5) is 0. The summed E-state index contributed by atoms with van der Waals surface area (Å²) in [6.45, 7) is 0. The van der Waals surface area contributed by atoms with E-state index in [0.29, 0.717) is 0 Å². The summed E-state index contributed by atoms with van der Waals surface area (Å²) in [7, 11) is 0. The number of nitrogen functional groups attached to an aromatic ring is 2. The van der Waals surface area contributed by atoms with Gasteiger partial charge in [-0.3, -0.25) is 5.84 Å². The van der Waals surface area contributed by atoms with E-state index in [0.717, 1.165) is 6.07 Å². The van der Waals surface area contributed by atoms with Crippen molar-refractivity contribution in [2.45, 2.75) is 6.36 Å². The zero-order valence-electron chi connectivity index (χ0n) is 6.93. The van der Waals surface area contributed by atoms with E-state index in [4.69, 9.17) is 11.6 Å². The summed E-state index contributed by atoms with van der Waals surface area (Å²) >= 11 is 0. The predicted octanol–water partition coefficient (Wildman–Crippen LogP) is 1.45. The topological polar surface area (TPSA) is 73.3 Å². The second kappa shape index (κ2) is 3.62. The van der Waals surface area contributed by atoms with Gasteiger partial charge in [0.2, 0.25) is 0 Å². The number of halogens is 3. The number of ether oxygens (including phenoxy) is 1. The van der Waals surface area contributed by atoms with Gasteiger partial charge < -0.3 is 15.9 Å². The molecule has 7 heteroatoms. The predicted molar refractivity (Wildman–Crippen MR) is 45.3 cm³/mol. The van der Waals surface area contributed by atoms with Gasteiger partial charge in [0.25, 0.3) is 0 Å². The fourth-order valence-electron chi connectivity index (χ4n) is 0.884. The normalized spacial score (nSPS) is 11.1. The van der Waals surface area contributed by atoms with E-state index in [1.165, 1.54) is 12.1 Å². The Bertz CT molecular complexity index is 326. The van der Waals surface area contributed by atoms with Crippen LogP contribution in [0.3, 0.4) is 0 Å². The number of para-hydroxylation sites is 1. The van der Waals surface area contributed by atoms with Gasteiger partial charge in [0.05, 0.1) is 11.4 Å². The van der Waals surface area contributed by atoms with E-state index in [1.807, 2.05) is 0 Å². The first-order chi connectivity index (χ1) is 6.44. The minimum absolute atomic E-state index is 0.173. The number of rotatable bonds is 2. The van der Waals surface area contributed by atoms with Crippen molar-refractivity contribution >= 4 is 11.4 Å². The zero-order valence-corrected chi connectivity index (χ0v) is 6.93.